The Bertz CT molecular complexity index is 1620. The Balaban J connectivity index is 1.56. The first-order valence-corrected chi connectivity index (χ1v) is 15.2. The highest BCUT2D eigenvalue weighted by Gasteiger charge is 2.26. The number of carbonyl (C=O) groups is 2. The summed E-state index contributed by atoms with van der Waals surface area (Å²) < 4.78 is 46.5. The molecule has 11 nitrogen and oxygen atoms in total. The minimum atomic E-state index is -1.32. The zero-order valence-corrected chi connectivity index (χ0v) is 25.2. The molecule has 1 N–H and O–H groups in total. The zero-order valence-electron chi connectivity index (χ0n) is 25.2. The number of ether oxygens (including phenoxy) is 3. The second-order valence-electron chi connectivity index (χ2n) is 11.4. The maximum atomic E-state index is 14.1. The fraction of sp³-hybridized carbons (Fsp3) is 0.500. The van der Waals surface area contributed by atoms with Gasteiger partial charge in [-0.25, -0.2) is 13.6 Å². The van der Waals surface area contributed by atoms with E-state index in [1.807, 2.05) is 0 Å². The molecule has 242 valence electrons. The van der Waals surface area contributed by atoms with Gasteiger partial charge >= 0.3 is 5.69 Å². The van der Waals surface area contributed by atoms with Crippen molar-refractivity contribution in [3.05, 3.63) is 62.8 Å². The van der Waals surface area contributed by atoms with Gasteiger partial charge in [0.2, 0.25) is 6.41 Å². The van der Waals surface area contributed by atoms with Gasteiger partial charge in [0.1, 0.15) is 19.1 Å². The molecule has 0 bridgehead atoms. The van der Waals surface area contributed by atoms with Crippen LogP contribution in [0.3, 0.4) is 0 Å². The molecule has 2 amide bonds. The second kappa shape index (κ2) is 14.6. The van der Waals surface area contributed by atoms with Crippen molar-refractivity contribution in [1.29, 1.82) is 0 Å². The van der Waals surface area contributed by atoms with E-state index in [4.69, 9.17) is 14.2 Å². The molecule has 1 saturated carbocycles. The molecule has 45 heavy (non-hydrogen) atoms. The summed E-state index contributed by atoms with van der Waals surface area (Å²) in [6, 6.07) is 9.26. The molecule has 5 rings (SSSR count). The maximum Gasteiger partial charge on any atom is 0.332 e. The molecule has 1 aliphatic heterocycles. The average Bonchev–Trinajstić information content (AvgIpc) is 3.59. The number of nitrogens with one attached hydrogen (secondary N) is 1. The quantitative estimate of drug-likeness (QED) is 0.289. The van der Waals surface area contributed by atoms with E-state index >= 15 is 0 Å². The number of likely N-dealkylation sites (N-methyl/N-ethyl adjacent to an activating group) is 1. The van der Waals surface area contributed by atoms with Crippen LogP contribution in [0.2, 0.25) is 0 Å². The lowest BCUT2D eigenvalue weighted by atomic mass is 10.0. The van der Waals surface area contributed by atoms with Crippen LogP contribution in [0.25, 0.3) is 10.9 Å². The van der Waals surface area contributed by atoms with Crippen molar-refractivity contribution in [3.63, 3.8) is 0 Å². The van der Waals surface area contributed by atoms with Crippen LogP contribution < -0.4 is 30.8 Å². The third-order valence-corrected chi connectivity index (χ3v) is 8.38. The number of hydrogen-bond donors (Lipinski definition) is 1. The molecule has 0 atom stereocenters. The molecule has 0 spiro atoms. The summed E-state index contributed by atoms with van der Waals surface area (Å²) in [5.74, 6) is 0.558. The van der Waals surface area contributed by atoms with E-state index < -0.39 is 30.7 Å². The second-order valence-corrected chi connectivity index (χ2v) is 11.4. The van der Waals surface area contributed by atoms with E-state index in [0.717, 1.165) is 36.7 Å². The number of carbonyl (C=O) groups excluding carboxylic acids is 2. The third kappa shape index (κ3) is 7.29. The van der Waals surface area contributed by atoms with Crippen LogP contribution in [0, 0.1) is 0 Å². The molecule has 2 heterocycles. The predicted molar refractivity (Wildman–Crippen MR) is 163 cm³/mol. The molecule has 1 aliphatic carbocycles. The molecule has 2 aliphatic rings. The first-order valence-electron chi connectivity index (χ1n) is 15.2. The number of fused-ring (bicyclic) bond motifs is 1. The number of benzene rings is 2. The van der Waals surface area contributed by atoms with Gasteiger partial charge < -0.3 is 24.4 Å². The van der Waals surface area contributed by atoms with Gasteiger partial charge in [-0.2, -0.15) is 0 Å². The third-order valence-electron chi connectivity index (χ3n) is 8.38. The average molecular weight is 629 g/mol. The van der Waals surface area contributed by atoms with Gasteiger partial charge in [0.25, 0.3) is 11.5 Å². The molecule has 2 aromatic carbocycles. The lowest BCUT2D eigenvalue weighted by molar-refractivity contribution is -0.122. The molecule has 0 unspecified atom stereocenters. The van der Waals surface area contributed by atoms with E-state index in [2.05, 4.69) is 5.32 Å². The molecule has 1 aromatic heterocycles. The van der Waals surface area contributed by atoms with Crippen LogP contribution in [0.15, 0.2) is 46.0 Å². The Morgan fingerprint density at radius 2 is 1.76 bits per heavy atom. The van der Waals surface area contributed by atoms with E-state index in [1.54, 1.807) is 33.7 Å². The Hall–Kier alpha value is -4.42. The number of aromatic nitrogens is 2. The maximum absolute atomic E-state index is 14.1. The summed E-state index contributed by atoms with van der Waals surface area (Å²) in [4.78, 5) is 52.8. The summed E-state index contributed by atoms with van der Waals surface area (Å²) in [5.41, 5.74) is -0.206. The van der Waals surface area contributed by atoms with Crippen LogP contribution in [-0.4, -0.2) is 78.7 Å². The highest BCUT2D eigenvalue weighted by molar-refractivity contribution is 5.80. The van der Waals surface area contributed by atoms with E-state index in [-0.39, 0.29) is 42.3 Å². The van der Waals surface area contributed by atoms with Crippen molar-refractivity contribution in [2.45, 2.75) is 63.3 Å². The minimum Gasteiger partial charge on any atom is -0.487 e. The van der Waals surface area contributed by atoms with E-state index in [1.165, 1.54) is 19.2 Å². The van der Waals surface area contributed by atoms with Gasteiger partial charge in [-0.15, -0.1) is 0 Å². The summed E-state index contributed by atoms with van der Waals surface area (Å²) in [6.07, 6.45) is 4.45. The van der Waals surface area contributed by atoms with Gasteiger partial charge in [0.05, 0.1) is 23.6 Å². The van der Waals surface area contributed by atoms with Crippen LogP contribution in [0.5, 0.6) is 17.2 Å². The fourth-order valence-electron chi connectivity index (χ4n) is 5.92. The van der Waals surface area contributed by atoms with E-state index in [0.29, 0.717) is 48.5 Å². The number of likely N-dealkylation sites (tertiary alicyclic amines) is 1. The summed E-state index contributed by atoms with van der Waals surface area (Å²) >= 11 is 0. The van der Waals surface area contributed by atoms with Crippen LogP contribution >= 0.6 is 0 Å². The van der Waals surface area contributed by atoms with Crippen molar-refractivity contribution in [3.8, 4) is 17.2 Å². The van der Waals surface area contributed by atoms with Crippen molar-refractivity contribution in [2.24, 2.45) is 0 Å². The Morgan fingerprint density at radius 3 is 2.42 bits per heavy atom. The van der Waals surface area contributed by atoms with Gasteiger partial charge in [0, 0.05) is 26.2 Å². The highest BCUT2D eigenvalue weighted by atomic mass is 19.1. The lowest BCUT2D eigenvalue weighted by Gasteiger charge is -2.31. The van der Waals surface area contributed by atoms with Crippen molar-refractivity contribution >= 4 is 23.2 Å². The van der Waals surface area contributed by atoms with Gasteiger partial charge in [0.15, 0.2) is 24.2 Å². The fourth-order valence-corrected chi connectivity index (χ4v) is 5.92. The van der Waals surface area contributed by atoms with Gasteiger partial charge in [-0.1, -0.05) is 6.07 Å². The number of hydrogen-bond acceptors (Lipinski definition) is 7. The molecule has 13 heteroatoms. The van der Waals surface area contributed by atoms with Crippen LogP contribution in [-0.2, 0) is 16.1 Å². The number of halogens is 2. The smallest absolute Gasteiger partial charge is 0.332 e. The number of piperidine rings is 1. The largest absolute Gasteiger partial charge is 0.487 e. The number of nitrogens with zero attached hydrogens (tertiary/aromatic N) is 3. The number of alkyl halides is 2. The van der Waals surface area contributed by atoms with Gasteiger partial charge in [-0.05, 0) is 74.4 Å². The summed E-state index contributed by atoms with van der Waals surface area (Å²) in [6.45, 7) is -1.55. The van der Waals surface area contributed by atoms with Gasteiger partial charge in [-0.3, -0.25) is 23.5 Å². The number of rotatable bonds is 13. The molecule has 1 saturated heterocycles. The molecular formula is C32H38F2N4O7. The normalized spacial score (nSPS) is 15.9. The first-order chi connectivity index (χ1) is 21.8. The van der Waals surface area contributed by atoms with Crippen molar-refractivity contribution in [2.75, 3.05) is 40.1 Å². The molecule has 3 aromatic rings. The molecule has 2 fully saturated rings. The highest BCUT2D eigenvalue weighted by Crippen LogP contribution is 2.33. The standard InChI is InChI=1S/C32H38F2N4O7/c1-35-30(40)19-43-29-14-21(6-9-28(29)45-23-4-2-3-5-23)18-37-31(41)26-15-24(44-25(16-33)17-34)7-8-27(26)38(32(37)42)22-10-12-36(20-39)13-11-22/h6-9,14-15,20,22-23,25H,2-5,10-13,16-19H2,1H3,(H,35,40). The Labute approximate surface area is 258 Å². The van der Waals surface area contributed by atoms with Crippen molar-refractivity contribution < 1.29 is 32.6 Å². The Kier molecular flexibility index (Phi) is 10.4. The predicted octanol–water partition coefficient (Wildman–Crippen LogP) is 3.14. The van der Waals surface area contributed by atoms with E-state index in [9.17, 15) is 28.0 Å². The SMILES string of the molecule is CNC(=O)COc1cc(Cn2c(=O)c3cc(OC(CF)CF)ccc3n(C3CCN(C=O)CC3)c2=O)ccc1OC1CCCC1. The topological polar surface area (TPSA) is 121 Å². The summed E-state index contributed by atoms with van der Waals surface area (Å²) in [5, 5.41) is 2.66. The monoisotopic (exact) mass is 628 g/mol. The van der Waals surface area contributed by atoms with Crippen LogP contribution in [0.1, 0.15) is 50.1 Å². The lowest BCUT2D eigenvalue weighted by Crippen LogP contribution is -2.44. The Morgan fingerprint density at radius 1 is 1.02 bits per heavy atom. The minimum absolute atomic E-state index is 0.0324. The van der Waals surface area contributed by atoms with Crippen molar-refractivity contribution in [1.82, 2.24) is 19.4 Å². The first kappa shape index (κ1) is 32.0. The summed E-state index contributed by atoms with van der Waals surface area (Å²) in [7, 11) is 1.50. The number of amides is 2. The molecular weight excluding hydrogens is 590 g/mol. The zero-order chi connectivity index (χ0) is 31.9. The van der Waals surface area contributed by atoms with Crippen LogP contribution in [0.4, 0.5) is 8.78 Å². The molecule has 0 radical (unpaired) electrons.